The molecule has 1 N–H and O–H groups in total. The Morgan fingerprint density at radius 2 is 1.63 bits per heavy atom. The number of aryl methyl sites for hydroxylation is 1. The fourth-order valence-electron chi connectivity index (χ4n) is 3.77. The number of rotatable bonds is 4. The van der Waals surface area contributed by atoms with E-state index in [4.69, 9.17) is 0 Å². The number of nitrogens with one attached hydrogen (secondary N) is 1. The number of carbonyl (C=O) groups excluding carboxylic acids is 1. The van der Waals surface area contributed by atoms with E-state index in [1.165, 1.54) is 12.1 Å². The molecule has 5 rings (SSSR count). The van der Waals surface area contributed by atoms with E-state index in [1.54, 1.807) is 42.0 Å². The van der Waals surface area contributed by atoms with Gasteiger partial charge in [-0.25, -0.2) is 13.8 Å². The van der Waals surface area contributed by atoms with Gasteiger partial charge >= 0.3 is 0 Å². The van der Waals surface area contributed by atoms with Crippen molar-refractivity contribution in [2.45, 2.75) is 20.8 Å². The van der Waals surface area contributed by atoms with Gasteiger partial charge in [0, 0.05) is 29.2 Å². The van der Waals surface area contributed by atoms with E-state index in [2.05, 4.69) is 15.3 Å². The number of imidazole rings is 1. The molecule has 0 aliphatic carbocycles. The first-order valence-electron chi connectivity index (χ1n) is 11.3. The highest BCUT2D eigenvalue weighted by Crippen LogP contribution is 2.30. The van der Waals surface area contributed by atoms with Crippen LogP contribution in [-0.4, -0.2) is 20.3 Å². The lowest BCUT2D eigenvalue weighted by molar-refractivity contribution is 0.102. The summed E-state index contributed by atoms with van der Waals surface area (Å²) in [6.07, 6.45) is 5.01. The molecule has 0 atom stereocenters. The molecular formula is C28H24F2N4O. The number of amides is 1. The summed E-state index contributed by atoms with van der Waals surface area (Å²) in [7, 11) is 0. The largest absolute Gasteiger partial charge is 0.322 e. The first-order valence-corrected chi connectivity index (χ1v) is 11.3. The topological polar surface area (TPSA) is 59.3 Å². The number of benzene rings is 2. The summed E-state index contributed by atoms with van der Waals surface area (Å²) in [5.41, 5.74) is 3.93. The van der Waals surface area contributed by atoms with E-state index in [0.29, 0.717) is 28.0 Å². The van der Waals surface area contributed by atoms with Gasteiger partial charge in [0.15, 0.2) is 11.6 Å². The molecule has 0 aliphatic heterocycles. The molecule has 0 spiro atoms. The van der Waals surface area contributed by atoms with E-state index in [1.807, 2.05) is 50.2 Å². The van der Waals surface area contributed by atoms with Crippen molar-refractivity contribution in [3.63, 3.8) is 0 Å². The van der Waals surface area contributed by atoms with Crippen LogP contribution in [0.1, 0.15) is 29.9 Å². The molecule has 3 heterocycles. The SMILES string of the molecule is CC.Cc1ncc(-c2cccn3c(-c4cccc(F)c4F)ncc23)cc1C(=O)Nc1ccccc1. The lowest BCUT2D eigenvalue weighted by Crippen LogP contribution is -2.14. The van der Waals surface area contributed by atoms with E-state index in [0.717, 1.165) is 11.6 Å². The van der Waals surface area contributed by atoms with Crippen molar-refractivity contribution in [2.24, 2.45) is 0 Å². The summed E-state index contributed by atoms with van der Waals surface area (Å²) in [6.45, 7) is 5.77. The lowest BCUT2D eigenvalue weighted by Gasteiger charge is -2.11. The Labute approximate surface area is 202 Å². The number of aromatic nitrogens is 3. The average molecular weight is 471 g/mol. The van der Waals surface area contributed by atoms with Gasteiger partial charge < -0.3 is 5.32 Å². The highest BCUT2D eigenvalue weighted by Gasteiger charge is 2.18. The normalized spacial score (nSPS) is 10.5. The van der Waals surface area contributed by atoms with E-state index in [-0.39, 0.29) is 17.3 Å². The average Bonchev–Trinajstić information content (AvgIpc) is 3.32. The highest BCUT2D eigenvalue weighted by atomic mass is 19.2. The van der Waals surface area contributed by atoms with Crippen molar-refractivity contribution < 1.29 is 13.6 Å². The van der Waals surface area contributed by atoms with Crippen molar-refractivity contribution >= 4 is 17.1 Å². The molecule has 0 saturated heterocycles. The van der Waals surface area contributed by atoms with Crippen LogP contribution in [0.4, 0.5) is 14.5 Å². The third-order valence-corrected chi connectivity index (χ3v) is 5.44. The number of fused-ring (bicyclic) bond motifs is 1. The second-order valence-electron chi connectivity index (χ2n) is 7.54. The van der Waals surface area contributed by atoms with Gasteiger partial charge in [0.2, 0.25) is 0 Å². The molecule has 0 aliphatic rings. The van der Waals surface area contributed by atoms with Crippen molar-refractivity contribution in [2.75, 3.05) is 5.32 Å². The zero-order valence-electron chi connectivity index (χ0n) is 19.6. The van der Waals surface area contributed by atoms with Crippen LogP contribution in [0.2, 0.25) is 0 Å². The minimum Gasteiger partial charge on any atom is -0.322 e. The Hall–Kier alpha value is -4.39. The van der Waals surface area contributed by atoms with Crippen molar-refractivity contribution in [1.29, 1.82) is 0 Å². The third-order valence-electron chi connectivity index (χ3n) is 5.44. The Morgan fingerprint density at radius 1 is 0.886 bits per heavy atom. The maximum atomic E-state index is 14.4. The van der Waals surface area contributed by atoms with Gasteiger partial charge in [0.05, 0.1) is 28.5 Å². The molecule has 1 amide bonds. The van der Waals surface area contributed by atoms with Crippen LogP contribution in [0.3, 0.4) is 0 Å². The smallest absolute Gasteiger partial charge is 0.257 e. The molecule has 3 aromatic heterocycles. The summed E-state index contributed by atoms with van der Waals surface area (Å²) < 4.78 is 29.9. The Morgan fingerprint density at radius 3 is 2.40 bits per heavy atom. The van der Waals surface area contributed by atoms with E-state index >= 15 is 0 Å². The van der Waals surface area contributed by atoms with Crippen LogP contribution in [-0.2, 0) is 0 Å². The van der Waals surface area contributed by atoms with Crippen molar-refractivity contribution in [1.82, 2.24) is 14.4 Å². The number of para-hydroxylation sites is 1. The lowest BCUT2D eigenvalue weighted by atomic mass is 10.0. The minimum atomic E-state index is -0.952. The van der Waals surface area contributed by atoms with Gasteiger partial charge in [-0.05, 0) is 43.3 Å². The standard InChI is InChI=1S/C26H18F2N4O.C2H6/c1-16-21(26(33)31-18-7-3-2-4-8-18)13-17(14-29-16)19-10-6-12-32-23(19)15-30-25(32)20-9-5-11-22(27)24(20)28;1-2/h2-15H,1H3,(H,31,33);1-2H3. The summed E-state index contributed by atoms with van der Waals surface area (Å²) in [6, 6.07) is 18.6. The maximum absolute atomic E-state index is 14.4. The predicted octanol–water partition coefficient (Wildman–Crippen LogP) is 6.93. The molecular weight excluding hydrogens is 446 g/mol. The molecule has 5 aromatic rings. The number of hydrogen-bond acceptors (Lipinski definition) is 3. The summed E-state index contributed by atoms with van der Waals surface area (Å²) in [5.74, 6) is -1.87. The van der Waals surface area contributed by atoms with Crippen LogP contribution >= 0.6 is 0 Å². The quantitative estimate of drug-likeness (QED) is 0.310. The van der Waals surface area contributed by atoms with Gasteiger partial charge in [-0.2, -0.15) is 0 Å². The number of anilines is 1. The van der Waals surface area contributed by atoms with Gasteiger partial charge in [-0.15, -0.1) is 0 Å². The molecule has 0 radical (unpaired) electrons. The summed E-state index contributed by atoms with van der Waals surface area (Å²) in [5, 5.41) is 2.88. The maximum Gasteiger partial charge on any atom is 0.257 e. The zero-order valence-corrected chi connectivity index (χ0v) is 19.6. The molecule has 0 unspecified atom stereocenters. The fourth-order valence-corrected chi connectivity index (χ4v) is 3.77. The monoisotopic (exact) mass is 470 g/mol. The van der Waals surface area contributed by atoms with Gasteiger partial charge in [0.1, 0.15) is 5.82 Å². The van der Waals surface area contributed by atoms with Gasteiger partial charge in [-0.3, -0.25) is 14.2 Å². The molecule has 0 bridgehead atoms. The molecule has 176 valence electrons. The van der Waals surface area contributed by atoms with Crippen LogP contribution < -0.4 is 5.32 Å². The number of nitrogens with zero attached hydrogens (tertiary/aromatic N) is 3. The second kappa shape index (κ2) is 10.3. The van der Waals surface area contributed by atoms with E-state index in [9.17, 15) is 13.6 Å². The molecule has 5 nitrogen and oxygen atoms in total. The second-order valence-corrected chi connectivity index (χ2v) is 7.54. The van der Waals surface area contributed by atoms with Crippen LogP contribution in [0, 0.1) is 18.6 Å². The molecule has 0 saturated carbocycles. The zero-order chi connectivity index (χ0) is 24.9. The molecule has 2 aromatic carbocycles. The van der Waals surface area contributed by atoms with Crippen LogP contribution in [0.15, 0.2) is 85.3 Å². The third kappa shape index (κ3) is 4.66. The molecule has 7 heteroatoms. The van der Waals surface area contributed by atoms with Crippen molar-refractivity contribution in [3.8, 4) is 22.5 Å². The summed E-state index contributed by atoms with van der Waals surface area (Å²) >= 11 is 0. The molecule has 0 fully saturated rings. The highest BCUT2D eigenvalue weighted by molar-refractivity contribution is 6.05. The predicted molar refractivity (Wildman–Crippen MR) is 134 cm³/mol. The fraction of sp³-hybridized carbons (Fsp3) is 0.107. The summed E-state index contributed by atoms with van der Waals surface area (Å²) in [4.78, 5) is 21.7. The van der Waals surface area contributed by atoms with Crippen LogP contribution in [0.25, 0.3) is 28.0 Å². The van der Waals surface area contributed by atoms with Gasteiger partial charge in [0.25, 0.3) is 5.91 Å². The Kier molecular flexibility index (Phi) is 6.96. The number of hydrogen-bond donors (Lipinski definition) is 1. The Balaban J connectivity index is 0.00000141. The van der Waals surface area contributed by atoms with Crippen molar-refractivity contribution in [3.05, 3.63) is 108 Å². The van der Waals surface area contributed by atoms with Gasteiger partial charge in [-0.1, -0.05) is 44.2 Å². The first kappa shape index (κ1) is 23.8. The minimum absolute atomic E-state index is 0.0668. The first-order chi connectivity index (χ1) is 17.0. The van der Waals surface area contributed by atoms with Crippen LogP contribution in [0.5, 0.6) is 0 Å². The number of pyridine rings is 2. The van der Waals surface area contributed by atoms with E-state index < -0.39 is 11.6 Å². The number of halogens is 2. The molecule has 35 heavy (non-hydrogen) atoms. The number of carbonyl (C=O) groups is 1. The Bertz CT molecular complexity index is 1500.